The molecule has 4 aliphatic rings. The van der Waals surface area contributed by atoms with E-state index in [4.69, 9.17) is 38.9 Å². The van der Waals surface area contributed by atoms with Gasteiger partial charge in [-0.15, -0.1) is 0 Å². The van der Waals surface area contributed by atoms with Crippen LogP contribution < -0.4 is 25.3 Å². The zero-order valence-corrected chi connectivity index (χ0v) is 37.7. The molecule has 348 valence electrons. The van der Waals surface area contributed by atoms with Crippen molar-refractivity contribution in [3.63, 3.8) is 0 Å². The molecule has 2 fully saturated rings. The number of aryl methyl sites for hydroxylation is 1. The first-order valence-electron chi connectivity index (χ1n) is 22.2. The molecule has 3 aromatic carbocycles. The molecule has 4 heterocycles. The molecule has 4 aliphatic heterocycles. The molecule has 3 aromatic rings. The number of ether oxygens (including phenoxy) is 7. The number of aliphatic imine (C=N–C) groups is 2. The molecule has 0 aromatic heterocycles. The number of methoxy groups -OCH3 is 1. The number of hydrogen-bond acceptors (Lipinski definition) is 13. The monoisotopic (exact) mass is 902 g/mol. The van der Waals surface area contributed by atoms with Gasteiger partial charge in [0.2, 0.25) is 5.91 Å². The SMILES string of the molecule is C=C1C[C@H]2C=Nc3cc(OCc4cc(C#CCNC(=O)CCOCCOCCOCCOCCN)cc(COc5cc6c(cc5OC)C(=O)N5CC(=C)C[C@H]5C=N6)c4)c(C)cc3C(=O)N2C1. The van der Waals surface area contributed by atoms with E-state index in [-0.39, 0.29) is 62.6 Å². The lowest BCUT2D eigenvalue weighted by molar-refractivity contribution is -0.122. The van der Waals surface area contributed by atoms with E-state index in [1.165, 1.54) is 7.11 Å². The maximum absolute atomic E-state index is 13.5. The minimum Gasteiger partial charge on any atom is -0.493 e. The number of benzene rings is 3. The van der Waals surface area contributed by atoms with Gasteiger partial charge in [0.15, 0.2) is 11.5 Å². The molecule has 0 unspecified atom stereocenters. The molecule has 3 amide bonds. The lowest BCUT2D eigenvalue weighted by Gasteiger charge is -2.20. The van der Waals surface area contributed by atoms with E-state index < -0.39 is 0 Å². The largest absolute Gasteiger partial charge is 0.493 e. The Bertz CT molecular complexity index is 2420. The van der Waals surface area contributed by atoms with Gasteiger partial charge in [-0.2, -0.15) is 0 Å². The van der Waals surface area contributed by atoms with Crippen molar-refractivity contribution in [3.05, 3.63) is 100 Å². The van der Waals surface area contributed by atoms with Gasteiger partial charge in [0.1, 0.15) is 19.0 Å². The van der Waals surface area contributed by atoms with Crippen molar-refractivity contribution in [2.45, 2.75) is 51.5 Å². The van der Waals surface area contributed by atoms with Gasteiger partial charge in [0.25, 0.3) is 11.8 Å². The van der Waals surface area contributed by atoms with E-state index in [0.29, 0.717) is 124 Å². The van der Waals surface area contributed by atoms with E-state index in [2.05, 4.69) is 40.3 Å². The minimum atomic E-state index is -0.189. The Morgan fingerprint density at radius 3 is 1.83 bits per heavy atom. The zero-order chi connectivity index (χ0) is 46.4. The standard InChI is InChI=1S/C50H58N6O10/c1-33-18-39-27-53-43-25-45(35(3)20-41(43)49(58)55(39)29-33)65-31-37-21-36(6-5-9-52-48(57)7-10-61-12-14-63-16-17-64-15-13-62-11-8-51)22-38(23-37)32-66-47-26-44-42(24-46(47)60-4)50(59)56-30-34(2)19-40(56)28-54-44/h20-28,39-40H,1-2,7-19,29-32,51H2,3-4H3,(H,52,57)/t39-,40-/m0/s1. The van der Waals surface area contributed by atoms with E-state index >= 15 is 0 Å². The van der Waals surface area contributed by atoms with Gasteiger partial charge >= 0.3 is 0 Å². The lowest BCUT2D eigenvalue weighted by Crippen LogP contribution is -2.35. The molecule has 3 N–H and O–H groups in total. The molecular weight excluding hydrogens is 845 g/mol. The van der Waals surface area contributed by atoms with Crippen molar-refractivity contribution in [1.82, 2.24) is 15.1 Å². The van der Waals surface area contributed by atoms with Crippen LogP contribution in [0.4, 0.5) is 11.4 Å². The molecular formula is C50H58N6O10. The third-order valence-electron chi connectivity index (χ3n) is 11.2. The highest BCUT2D eigenvalue weighted by Crippen LogP contribution is 2.39. The number of nitrogens with one attached hydrogen (secondary N) is 1. The summed E-state index contributed by atoms with van der Waals surface area (Å²) in [5.74, 6) is 7.25. The molecule has 16 heteroatoms. The summed E-state index contributed by atoms with van der Waals surface area (Å²) < 4.78 is 40.2. The van der Waals surface area contributed by atoms with Crippen molar-refractivity contribution in [2.24, 2.45) is 15.7 Å². The zero-order valence-electron chi connectivity index (χ0n) is 37.7. The van der Waals surface area contributed by atoms with Crippen molar-refractivity contribution < 1.29 is 47.5 Å². The van der Waals surface area contributed by atoms with E-state index in [9.17, 15) is 14.4 Å². The van der Waals surface area contributed by atoms with Crippen LogP contribution in [0.5, 0.6) is 17.2 Å². The fraction of sp³-hybridized carbons (Fsp3) is 0.420. The van der Waals surface area contributed by atoms with Gasteiger partial charge in [-0.25, -0.2) is 0 Å². The highest BCUT2D eigenvalue weighted by molar-refractivity contribution is 6.04. The van der Waals surface area contributed by atoms with Gasteiger partial charge in [-0.3, -0.25) is 24.4 Å². The molecule has 16 nitrogen and oxygen atoms in total. The van der Waals surface area contributed by atoms with Crippen LogP contribution in [-0.4, -0.2) is 138 Å². The average molecular weight is 903 g/mol. The Morgan fingerprint density at radius 2 is 1.26 bits per heavy atom. The first kappa shape index (κ1) is 47.6. The molecule has 0 bridgehead atoms. The number of carbonyl (C=O) groups is 3. The highest BCUT2D eigenvalue weighted by Gasteiger charge is 2.35. The molecule has 0 aliphatic carbocycles. The summed E-state index contributed by atoms with van der Waals surface area (Å²) in [6.07, 6.45) is 5.16. The molecule has 7 rings (SSSR count). The summed E-state index contributed by atoms with van der Waals surface area (Å²) in [7, 11) is 1.53. The minimum absolute atomic E-state index is 0.0713. The fourth-order valence-electron chi connectivity index (χ4n) is 7.93. The quantitative estimate of drug-likeness (QED) is 0.0785. The lowest BCUT2D eigenvalue weighted by atomic mass is 10.1. The van der Waals surface area contributed by atoms with Crippen LogP contribution in [0.15, 0.2) is 76.8 Å². The maximum atomic E-state index is 13.5. The van der Waals surface area contributed by atoms with Crippen molar-refractivity contribution >= 4 is 41.5 Å². The number of amides is 3. The summed E-state index contributed by atoms with van der Waals surface area (Å²) in [5.41, 5.74) is 12.5. The summed E-state index contributed by atoms with van der Waals surface area (Å²) in [6.45, 7) is 15.4. The summed E-state index contributed by atoms with van der Waals surface area (Å²) >= 11 is 0. The second-order valence-corrected chi connectivity index (χ2v) is 16.3. The first-order chi connectivity index (χ1) is 32.1. The van der Waals surface area contributed by atoms with Crippen LogP contribution in [0.25, 0.3) is 0 Å². The number of carbonyl (C=O) groups excluding carboxylic acids is 3. The molecule has 0 spiro atoms. The predicted molar refractivity (Wildman–Crippen MR) is 250 cm³/mol. The summed E-state index contributed by atoms with van der Waals surface area (Å²) in [5, 5.41) is 2.83. The third-order valence-corrected chi connectivity index (χ3v) is 11.2. The van der Waals surface area contributed by atoms with E-state index in [1.54, 1.807) is 23.2 Å². The van der Waals surface area contributed by atoms with Crippen LogP contribution in [0.2, 0.25) is 0 Å². The van der Waals surface area contributed by atoms with Gasteiger partial charge in [0, 0.05) is 56.2 Å². The number of hydrogen-bond donors (Lipinski definition) is 2. The Morgan fingerprint density at radius 1 is 0.727 bits per heavy atom. The summed E-state index contributed by atoms with van der Waals surface area (Å²) in [4.78, 5) is 52.5. The third kappa shape index (κ3) is 12.5. The van der Waals surface area contributed by atoms with Crippen LogP contribution in [0.1, 0.15) is 62.2 Å². The Hall–Kier alpha value is -6.35. The average Bonchev–Trinajstić information content (AvgIpc) is 3.82. The number of fused-ring (bicyclic) bond motifs is 4. The van der Waals surface area contributed by atoms with Gasteiger partial charge < -0.3 is 54.0 Å². The van der Waals surface area contributed by atoms with Gasteiger partial charge in [-0.1, -0.05) is 36.1 Å². The maximum Gasteiger partial charge on any atom is 0.257 e. The van der Waals surface area contributed by atoms with Crippen molar-refractivity contribution in [2.75, 3.05) is 86.1 Å². The van der Waals surface area contributed by atoms with Crippen molar-refractivity contribution in [1.29, 1.82) is 0 Å². The molecule has 2 atom stereocenters. The number of nitrogens with two attached hydrogens (primary N) is 1. The van der Waals surface area contributed by atoms with Gasteiger partial charge in [-0.05, 0) is 66.8 Å². The van der Waals surface area contributed by atoms with Crippen LogP contribution in [0, 0.1) is 18.8 Å². The second kappa shape index (κ2) is 23.2. The van der Waals surface area contributed by atoms with Crippen LogP contribution in [-0.2, 0) is 37.0 Å². The molecule has 0 radical (unpaired) electrons. The Balaban J connectivity index is 0.985. The molecule has 0 saturated carbocycles. The summed E-state index contributed by atoms with van der Waals surface area (Å²) in [6, 6.07) is 12.6. The Labute approximate surface area is 385 Å². The normalized spacial score (nSPS) is 17.1. The van der Waals surface area contributed by atoms with Crippen molar-refractivity contribution in [3.8, 4) is 29.1 Å². The predicted octanol–water partition coefficient (Wildman–Crippen LogP) is 5.02. The Kier molecular flexibility index (Phi) is 16.7. The van der Waals surface area contributed by atoms with E-state index in [0.717, 1.165) is 27.8 Å². The first-order valence-corrected chi connectivity index (χ1v) is 22.2. The topological polar surface area (TPSA) is 185 Å². The van der Waals surface area contributed by atoms with Crippen LogP contribution in [0.3, 0.4) is 0 Å². The van der Waals surface area contributed by atoms with Crippen LogP contribution >= 0.6 is 0 Å². The second-order valence-electron chi connectivity index (χ2n) is 16.3. The number of nitrogens with zero attached hydrogens (tertiary/aromatic N) is 4. The fourth-order valence-corrected chi connectivity index (χ4v) is 7.93. The highest BCUT2D eigenvalue weighted by atomic mass is 16.6. The number of rotatable bonds is 22. The molecule has 2 saturated heterocycles. The van der Waals surface area contributed by atoms with E-state index in [1.807, 2.05) is 48.4 Å². The van der Waals surface area contributed by atoms with Gasteiger partial charge in [0.05, 0.1) is 101 Å². The molecule has 66 heavy (non-hydrogen) atoms. The smallest absolute Gasteiger partial charge is 0.257 e.